The highest BCUT2D eigenvalue weighted by Gasteiger charge is 2.46. The first-order valence-corrected chi connectivity index (χ1v) is 18.0. The first kappa shape index (κ1) is 46.2. The second kappa shape index (κ2) is 20.3. The molecule has 11 nitrogen and oxygen atoms in total. The highest BCUT2D eigenvalue weighted by Crippen LogP contribution is 2.40. The summed E-state index contributed by atoms with van der Waals surface area (Å²) in [6.45, 7) is 3.05. The van der Waals surface area contributed by atoms with Crippen molar-refractivity contribution in [3.8, 4) is 5.75 Å². The highest BCUT2D eigenvalue weighted by atomic mass is 35.5. The molecule has 1 saturated carbocycles. The van der Waals surface area contributed by atoms with Crippen LogP contribution in [0, 0.1) is 11.8 Å². The topological polar surface area (TPSA) is 177 Å². The molecule has 3 aromatic carbocycles. The van der Waals surface area contributed by atoms with Crippen molar-refractivity contribution in [2.45, 2.75) is 82.5 Å². The number of carbonyl (C=O) groups excluding carboxylic acids is 4. The van der Waals surface area contributed by atoms with E-state index in [9.17, 15) is 45.5 Å². The maximum absolute atomic E-state index is 14.2. The third-order valence-electron chi connectivity index (χ3n) is 9.23. The molecule has 0 radical (unpaired) electrons. The molecule has 0 heterocycles. The van der Waals surface area contributed by atoms with Gasteiger partial charge >= 0.3 is 18.3 Å². The Morgan fingerprint density at radius 1 is 0.772 bits per heavy atom. The molecule has 3 amide bonds. The zero-order chi connectivity index (χ0) is 42.7. The van der Waals surface area contributed by atoms with Crippen LogP contribution in [0.4, 0.5) is 26.3 Å². The molecule has 0 saturated heterocycles. The van der Waals surface area contributed by atoms with E-state index < -0.39 is 71.8 Å². The average molecular weight is 829 g/mol. The van der Waals surface area contributed by atoms with Gasteiger partial charge in [-0.2, -0.15) is 26.3 Å². The van der Waals surface area contributed by atoms with E-state index in [0.717, 1.165) is 30.4 Å². The molecular weight excluding hydrogens is 786 g/mol. The maximum Gasteiger partial charge on any atom is 0.490 e. The van der Waals surface area contributed by atoms with E-state index >= 15 is 0 Å². The number of hydrogen-bond acceptors (Lipinski definition) is 7. The number of halogens is 7. The summed E-state index contributed by atoms with van der Waals surface area (Å²) >= 11 is 6.12. The Kier molecular flexibility index (Phi) is 16.5. The van der Waals surface area contributed by atoms with E-state index in [1.54, 1.807) is 48.5 Å². The number of rotatable bonds is 15. The van der Waals surface area contributed by atoms with Crippen LogP contribution in [0.1, 0.15) is 67.3 Å². The monoisotopic (exact) mass is 828 g/mol. The first-order chi connectivity index (χ1) is 26.7. The molecule has 4 rings (SSSR count). The number of hydrogen-bond donors (Lipinski definition) is 5. The Bertz CT molecular complexity index is 1840. The number of amides is 3. The summed E-state index contributed by atoms with van der Waals surface area (Å²) in [5, 5.41) is 15.4. The Morgan fingerprint density at radius 3 is 1.74 bits per heavy atom. The largest absolute Gasteiger partial charge is 0.497 e. The standard InChI is InChI=1S/C37H42ClF3N4O5.C2HF3O2/c1-21(2)31(33(46)37(39,40)41)44-36(49)32(26-13-17-28(50-3)18-14-26)45-34(47)29(19-22-7-9-23(20-42)10-8-22)43-35(48)30(24-5-4-6-24)25-11-15-27(38)16-12-25;3-2(4,5)1(6)7/h7-18,21,24,29-32H,4-6,19-20,42H2,1-3H3,(H,43,48)(H,44,49)(H,45,47);(H,6,7)/t29-,30?,31-,32-;/m0./s1. The molecule has 0 aromatic heterocycles. The molecule has 0 spiro atoms. The number of alkyl halides is 6. The molecule has 4 atom stereocenters. The Morgan fingerprint density at radius 2 is 1.30 bits per heavy atom. The quantitative estimate of drug-likeness (QED) is 0.113. The van der Waals surface area contributed by atoms with Crippen LogP contribution >= 0.6 is 11.6 Å². The molecule has 1 aliphatic carbocycles. The molecule has 0 aliphatic heterocycles. The van der Waals surface area contributed by atoms with E-state index in [-0.39, 0.29) is 17.9 Å². The van der Waals surface area contributed by atoms with Crippen molar-refractivity contribution in [3.63, 3.8) is 0 Å². The molecule has 310 valence electrons. The predicted octanol–water partition coefficient (Wildman–Crippen LogP) is 6.18. The number of carboxylic acids is 1. The van der Waals surface area contributed by atoms with Gasteiger partial charge < -0.3 is 31.5 Å². The van der Waals surface area contributed by atoms with Gasteiger partial charge in [0.25, 0.3) is 5.78 Å². The smallest absolute Gasteiger partial charge is 0.490 e. The molecule has 18 heteroatoms. The van der Waals surface area contributed by atoms with Crippen molar-refractivity contribution >= 4 is 41.1 Å². The molecule has 3 aromatic rings. The lowest BCUT2D eigenvalue weighted by Gasteiger charge is -2.34. The minimum absolute atomic E-state index is 0.0263. The van der Waals surface area contributed by atoms with Crippen LogP contribution in [0.5, 0.6) is 5.75 Å². The van der Waals surface area contributed by atoms with Crippen molar-refractivity contribution in [3.05, 3.63) is 100 Å². The van der Waals surface area contributed by atoms with Gasteiger partial charge in [-0.15, -0.1) is 0 Å². The van der Waals surface area contributed by atoms with Gasteiger partial charge in [-0.1, -0.05) is 80.4 Å². The zero-order valence-electron chi connectivity index (χ0n) is 31.0. The fraction of sp³-hybridized carbons (Fsp3) is 0.410. The summed E-state index contributed by atoms with van der Waals surface area (Å²) in [5.41, 5.74) is 8.26. The summed E-state index contributed by atoms with van der Waals surface area (Å²) in [5.74, 6) is -8.07. The molecule has 57 heavy (non-hydrogen) atoms. The molecular formula is C39H43ClF6N4O7. The minimum atomic E-state index is -5.20. The third kappa shape index (κ3) is 13.5. The van der Waals surface area contributed by atoms with E-state index in [0.29, 0.717) is 22.9 Å². The number of ether oxygens (including phenoxy) is 1. The summed E-state index contributed by atoms with van der Waals surface area (Å²) in [7, 11) is 1.44. The Balaban J connectivity index is 0.00000113. The van der Waals surface area contributed by atoms with Crippen LogP contribution in [0.25, 0.3) is 0 Å². The maximum atomic E-state index is 14.2. The fourth-order valence-electron chi connectivity index (χ4n) is 5.89. The summed E-state index contributed by atoms with van der Waals surface area (Å²) in [6, 6.07) is 15.5. The number of benzene rings is 3. The van der Waals surface area contributed by atoms with E-state index in [4.69, 9.17) is 32.0 Å². The summed E-state index contributed by atoms with van der Waals surface area (Å²) in [6.07, 6.45) is -7.64. The molecule has 1 aliphatic rings. The second-order valence-corrected chi connectivity index (χ2v) is 14.1. The number of nitrogens with one attached hydrogen (secondary N) is 3. The van der Waals surface area contributed by atoms with Crippen LogP contribution in [-0.4, -0.2) is 66.1 Å². The summed E-state index contributed by atoms with van der Waals surface area (Å²) in [4.78, 5) is 63.1. The van der Waals surface area contributed by atoms with Crippen molar-refractivity contribution < 1.29 is 60.2 Å². The fourth-order valence-corrected chi connectivity index (χ4v) is 6.01. The minimum Gasteiger partial charge on any atom is -0.497 e. The van der Waals surface area contributed by atoms with Crippen molar-refractivity contribution in [1.82, 2.24) is 16.0 Å². The van der Waals surface area contributed by atoms with Crippen molar-refractivity contribution in [2.24, 2.45) is 17.6 Å². The number of nitrogens with two attached hydrogens (primary N) is 1. The predicted molar refractivity (Wildman–Crippen MR) is 197 cm³/mol. The first-order valence-electron chi connectivity index (χ1n) is 17.7. The van der Waals surface area contributed by atoms with Gasteiger partial charge in [-0.3, -0.25) is 19.2 Å². The van der Waals surface area contributed by atoms with Crippen LogP contribution in [0.15, 0.2) is 72.8 Å². The van der Waals surface area contributed by atoms with Crippen LogP contribution in [0.2, 0.25) is 5.02 Å². The van der Waals surface area contributed by atoms with Crippen molar-refractivity contribution in [2.75, 3.05) is 7.11 Å². The SMILES string of the molecule is COc1ccc([C@H](NC(=O)[C@H](Cc2ccc(CN)cc2)NC(=O)C(c2ccc(Cl)cc2)C2CCC2)C(=O)N[C@H](C(=O)C(F)(F)F)C(C)C)cc1.O=C(O)C(F)(F)F. The van der Waals surface area contributed by atoms with E-state index in [1.807, 2.05) is 0 Å². The lowest BCUT2D eigenvalue weighted by Crippen LogP contribution is -2.55. The molecule has 6 N–H and O–H groups in total. The van der Waals surface area contributed by atoms with Crippen molar-refractivity contribution in [1.29, 1.82) is 0 Å². The molecule has 1 fully saturated rings. The number of aliphatic carboxylic acids is 1. The van der Waals surface area contributed by atoms with E-state index in [2.05, 4.69) is 16.0 Å². The van der Waals surface area contributed by atoms with Crippen LogP contribution < -0.4 is 26.4 Å². The average Bonchev–Trinajstić information content (AvgIpc) is 3.13. The van der Waals surface area contributed by atoms with Crippen LogP contribution in [0.3, 0.4) is 0 Å². The third-order valence-corrected chi connectivity index (χ3v) is 9.48. The lowest BCUT2D eigenvalue weighted by molar-refractivity contribution is -0.192. The number of ketones is 1. The number of carboxylic acid groups (broad SMARTS) is 1. The Labute approximate surface area is 329 Å². The van der Waals surface area contributed by atoms with Gasteiger partial charge in [0.05, 0.1) is 19.1 Å². The van der Waals surface area contributed by atoms with Gasteiger partial charge in [0.1, 0.15) is 17.8 Å². The lowest BCUT2D eigenvalue weighted by atomic mass is 9.72. The van der Waals surface area contributed by atoms with Gasteiger partial charge in [-0.05, 0) is 71.2 Å². The van der Waals surface area contributed by atoms with Crippen LogP contribution in [-0.2, 0) is 36.9 Å². The van der Waals surface area contributed by atoms with Gasteiger partial charge in [-0.25, -0.2) is 4.79 Å². The molecule has 1 unspecified atom stereocenters. The second-order valence-electron chi connectivity index (χ2n) is 13.6. The zero-order valence-corrected chi connectivity index (χ0v) is 31.8. The molecule has 0 bridgehead atoms. The number of carbonyl (C=O) groups is 5. The normalized spacial score (nSPS) is 15.1. The Hall–Kier alpha value is -5.16. The van der Waals surface area contributed by atoms with Gasteiger partial charge in [0.15, 0.2) is 0 Å². The highest BCUT2D eigenvalue weighted by molar-refractivity contribution is 6.30. The van der Waals surface area contributed by atoms with Gasteiger partial charge in [0.2, 0.25) is 17.7 Å². The number of methoxy groups -OCH3 is 1. The van der Waals surface area contributed by atoms with E-state index in [1.165, 1.54) is 45.2 Å². The van der Waals surface area contributed by atoms with Gasteiger partial charge in [0, 0.05) is 18.0 Å². The number of Topliss-reactive ketones (excluding diaryl/α,β-unsaturated/α-hetero) is 1. The summed E-state index contributed by atoms with van der Waals surface area (Å²) < 4.78 is 77.3.